The molecule has 1 fully saturated rings. The third-order valence-corrected chi connectivity index (χ3v) is 3.93. The molecule has 4 heteroatoms. The minimum absolute atomic E-state index is 0.0406. The maximum atomic E-state index is 12.3. The summed E-state index contributed by atoms with van der Waals surface area (Å²) in [4.78, 5) is 23.7. The Bertz CT molecular complexity index is 304. The third kappa shape index (κ3) is 5.93. The Balaban J connectivity index is 2.39. The summed E-state index contributed by atoms with van der Waals surface area (Å²) < 4.78 is 4.89. The number of hydrogen-bond donors (Lipinski definition) is 1. The molecule has 2 atom stereocenters. The molecular weight excluding hydrogens is 254 g/mol. The van der Waals surface area contributed by atoms with E-state index in [-0.39, 0.29) is 17.8 Å². The lowest BCUT2D eigenvalue weighted by molar-refractivity contribution is -0.142. The standard InChI is InChI=1S/C16H29NO3/c1-3-5-7-8-10-13(9-6-4-2)15(18)17-14-11-12-20-16(14)19/h13-14H,3-12H2,1-2H3,(H,17,18)/t13?,14-/m0/s1. The van der Waals surface area contributed by atoms with Crippen LogP contribution >= 0.6 is 0 Å². The first kappa shape index (κ1) is 17.0. The topological polar surface area (TPSA) is 55.4 Å². The van der Waals surface area contributed by atoms with E-state index in [0.717, 1.165) is 32.1 Å². The Morgan fingerprint density at radius 3 is 2.50 bits per heavy atom. The maximum absolute atomic E-state index is 12.3. The third-order valence-electron chi connectivity index (χ3n) is 3.93. The van der Waals surface area contributed by atoms with E-state index in [9.17, 15) is 9.59 Å². The molecule has 0 aromatic heterocycles. The van der Waals surface area contributed by atoms with Gasteiger partial charge >= 0.3 is 5.97 Å². The zero-order valence-corrected chi connectivity index (χ0v) is 13.0. The van der Waals surface area contributed by atoms with Crippen LogP contribution in [-0.2, 0) is 14.3 Å². The van der Waals surface area contributed by atoms with E-state index in [4.69, 9.17) is 4.74 Å². The molecule has 0 bridgehead atoms. The molecule has 1 amide bonds. The summed E-state index contributed by atoms with van der Waals surface area (Å²) in [6.07, 6.45) is 9.38. The molecule has 1 aliphatic rings. The highest BCUT2D eigenvalue weighted by atomic mass is 16.5. The molecule has 1 unspecified atom stereocenters. The number of hydrogen-bond acceptors (Lipinski definition) is 3. The van der Waals surface area contributed by atoms with E-state index in [2.05, 4.69) is 19.2 Å². The second-order valence-corrected chi connectivity index (χ2v) is 5.71. The monoisotopic (exact) mass is 283 g/mol. The summed E-state index contributed by atoms with van der Waals surface area (Å²) >= 11 is 0. The molecule has 0 aromatic carbocycles. The summed E-state index contributed by atoms with van der Waals surface area (Å²) in [7, 11) is 0. The van der Waals surface area contributed by atoms with E-state index in [1.54, 1.807) is 0 Å². The Labute approximate surface area is 122 Å². The van der Waals surface area contributed by atoms with Crippen molar-refractivity contribution in [3.05, 3.63) is 0 Å². The van der Waals surface area contributed by atoms with E-state index in [1.165, 1.54) is 19.3 Å². The molecule has 1 heterocycles. The van der Waals surface area contributed by atoms with Gasteiger partial charge in [0.15, 0.2) is 0 Å². The van der Waals surface area contributed by atoms with Gasteiger partial charge in [-0.05, 0) is 12.8 Å². The maximum Gasteiger partial charge on any atom is 0.328 e. The van der Waals surface area contributed by atoms with Crippen LogP contribution in [0.25, 0.3) is 0 Å². The normalized spacial score (nSPS) is 19.7. The van der Waals surface area contributed by atoms with Gasteiger partial charge in [-0.3, -0.25) is 4.79 Å². The van der Waals surface area contributed by atoms with Crippen molar-refractivity contribution in [3.63, 3.8) is 0 Å². The fourth-order valence-electron chi connectivity index (χ4n) is 2.59. The number of ether oxygens (including phenoxy) is 1. The summed E-state index contributed by atoms with van der Waals surface area (Å²) in [6.45, 7) is 4.76. The van der Waals surface area contributed by atoms with Crippen LogP contribution in [0.5, 0.6) is 0 Å². The molecule has 0 radical (unpaired) electrons. The van der Waals surface area contributed by atoms with Crippen LogP contribution in [0, 0.1) is 5.92 Å². The fraction of sp³-hybridized carbons (Fsp3) is 0.875. The second kappa shape index (κ2) is 9.78. The Hall–Kier alpha value is -1.06. The summed E-state index contributed by atoms with van der Waals surface area (Å²) in [6, 6.07) is -0.415. The highest BCUT2D eigenvalue weighted by molar-refractivity contribution is 5.86. The van der Waals surface area contributed by atoms with Crippen molar-refractivity contribution in [1.82, 2.24) is 5.32 Å². The number of carbonyl (C=O) groups excluding carboxylic acids is 2. The first-order valence-electron chi connectivity index (χ1n) is 8.16. The zero-order chi connectivity index (χ0) is 14.8. The molecule has 116 valence electrons. The van der Waals surface area contributed by atoms with Gasteiger partial charge < -0.3 is 10.1 Å². The van der Waals surface area contributed by atoms with Crippen LogP contribution in [0.4, 0.5) is 0 Å². The van der Waals surface area contributed by atoms with Crippen molar-refractivity contribution in [2.75, 3.05) is 6.61 Å². The largest absolute Gasteiger partial charge is 0.464 e. The SMILES string of the molecule is CCCCCCC(CCCC)C(=O)N[C@H]1CCOC1=O. The van der Waals surface area contributed by atoms with Crippen molar-refractivity contribution in [1.29, 1.82) is 0 Å². The van der Waals surface area contributed by atoms with Crippen LogP contribution in [-0.4, -0.2) is 24.5 Å². The number of carbonyl (C=O) groups is 2. The molecule has 1 aliphatic heterocycles. The molecule has 0 spiro atoms. The zero-order valence-electron chi connectivity index (χ0n) is 13.0. The first-order chi connectivity index (χ1) is 9.69. The highest BCUT2D eigenvalue weighted by Gasteiger charge is 2.30. The molecule has 1 rings (SSSR count). The number of amides is 1. The average Bonchev–Trinajstić information content (AvgIpc) is 2.83. The van der Waals surface area contributed by atoms with Gasteiger partial charge in [0.05, 0.1) is 6.61 Å². The molecule has 0 saturated carbocycles. The van der Waals surface area contributed by atoms with Crippen LogP contribution in [0.1, 0.15) is 71.6 Å². The van der Waals surface area contributed by atoms with Crippen LogP contribution in [0.2, 0.25) is 0 Å². The molecule has 4 nitrogen and oxygen atoms in total. The average molecular weight is 283 g/mol. The van der Waals surface area contributed by atoms with Crippen molar-refractivity contribution >= 4 is 11.9 Å². The number of rotatable bonds is 10. The fourth-order valence-corrected chi connectivity index (χ4v) is 2.59. The Morgan fingerprint density at radius 2 is 1.90 bits per heavy atom. The minimum Gasteiger partial charge on any atom is -0.464 e. The first-order valence-corrected chi connectivity index (χ1v) is 8.16. The lowest BCUT2D eigenvalue weighted by Crippen LogP contribution is -2.41. The van der Waals surface area contributed by atoms with Gasteiger partial charge in [0.1, 0.15) is 6.04 Å². The van der Waals surface area contributed by atoms with Gasteiger partial charge in [-0.15, -0.1) is 0 Å². The smallest absolute Gasteiger partial charge is 0.328 e. The van der Waals surface area contributed by atoms with Gasteiger partial charge in [-0.1, -0.05) is 52.4 Å². The molecule has 0 aromatic rings. The number of unbranched alkanes of at least 4 members (excludes halogenated alkanes) is 4. The molecule has 20 heavy (non-hydrogen) atoms. The summed E-state index contributed by atoms with van der Waals surface area (Å²) in [5.41, 5.74) is 0. The second-order valence-electron chi connectivity index (χ2n) is 5.71. The Morgan fingerprint density at radius 1 is 1.20 bits per heavy atom. The predicted octanol–water partition coefficient (Wildman–Crippen LogP) is 3.19. The van der Waals surface area contributed by atoms with Crippen molar-refractivity contribution in [2.45, 2.75) is 77.7 Å². The van der Waals surface area contributed by atoms with Gasteiger partial charge in [0.25, 0.3) is 0 Å². The van der Waals surface area contributed by atoms with Crippen molar-refractivity contribution in [2.24, 2.45) is 5.92 Å². The summed E-state index contributed by atoms with van der Waals surface area (Å²) in [5, 5.41) is 2.87. The van der Waals surface area contributed by atoms with Gasteiger partial charge in [0.2, 0.25) is 5.91 Å². The van der Waals surface area contributed by atoms with E-state index >= 15 is 0 Å². The van der Waals surface area contributed by atoms with Crippen molar-refractivity contribution in [3.8, 4) is 0 Å². The summed E-state index contributed by atoms with van der Waals surface area (Å²) in [5.74, 6) is -0.183. The quantitative estimate of drug-likeness (QED) is 0.495. The van der Waals surface area contributed by atoms with Crippen molar-refractivity contribution < 1.29 is 14.3 Å². The molecular formula is C16H29NO3. The predicted molar refractivity (Wildman–Crippen MR) is 79.3 cm³/mol. The molecule has 0 aliphatic carbocycles. The molecule has 1 N–H and O–H groups in total. The van der Waals surface area contributed by atoms with E-state index in [0.29, 0.717) is 13.0 Å². The van der Waals surface area contributed by atoms with Crippen LogP contribution < -0.4 is 5.32 Å². The highest BCUT2D eigenvalue weighted by Crippen LogP contribution is 2.18. The van der Waals surface area contributed by atoms with Crippen LogP contribution in [0.3, 0.4) is 0 Å². The van der Waals surface area contributed by atoms with Gasteiger partial charge in [-0.25, -0.2) is 4.79 Å². The lowest BCUT2D eigenvalue weighted by atomic mass is 9.94. The minimum atomic E-state index is -0.415. The lowest BCUT2D eigenvalue weighted by Gasteiger charge is -2.18. The number of cyclic esters (lactones) is 1. The van der Waals surface area contributed by atoms with Gasteiger partial charge in [0, 0.05) is 12.3 Å². The van der Waals surface area contributed by atoms with Crippen LogP contribution in [0.15, 0.2) is 0 Å². The van der Waals surface area contributed by atoms with Gasteiger partial charge in [-0.2, -0.15) is 0 Å². The van der Waals surface area contributed by atoms with E-state index in [1.807, 2.05) is 0 Å². The Kier molecular flexibility index (Phi) is 8.31. The number of esters is 1. The number of nitrogens with one attached hydrogen (secondary N) is 1. The van der Waals surface area contributed by atoms with E-state index < -0.39 is 6.04 Å². The molecule has 1 saturated heterocycles.